The SMILES string of the molecule is CC(C)(C)S(=O)NCc1ccnc(OC(F)(F)F)c1. The second kappa shape index (κ2) is 5.87. The third-order valence-corrected chi connectivity index (χ3v) is 3.50. The Balaban J connectivity index is 2.66. The van der Waals surface area contributed by atoms with Crippen LogP contribution < -0.4 is 9.46 Å². The fourth-order valence-electron chi connectivity index (χ4n) is 1.10. The van der Waals surface area contributed by atoms with Crippen LogP contribution >= 0.6 is 0 Å². The maximum absolute atomic E-state index is 12.0. The van der Waals surface area contributed by atoms with Crippen LogP contribution in [-0.2, 0) is 17.5 Å². The summed E-state index contributed by atoms with van der Waals surface area (Å²) in [6, 6.07) is 2.68. The molecule has 1 rings (SSSR count). The molecule has 0 aliphatic rings. The molecule has 0 aromatic carbocycles. The van der Waals surface area contributed by atoms with Gasteiger partial charge in [0.2, 0.25) is 5.88 Å². The summed E-state index contributed by atoms with van der Waals surface area (Å²) >= 11 is 0. The molecule has 1 N–H and O–H groups in total. The fraction of sp³-hybridized carbons (Fsp3) is 0.545. The van der Waals surface area contributed by atoms with Crippen LogP contribution in [0.15, 0.2) is 18.3 Å². The first-order chi connectivity index (χ1) is 8.58. The van der Waals surface area contributed by atoms with E-state index in [0.29, 0.717) is 5.56 Å². The summed E-state index contributed by atoms with van der Waals surface area (Å²) in [5.74, 6) is -0.534. The van der Waals surface area contributed by atoms with Gasteiger partial charge in [-0.15, -0.1) is 13.2 Å². The van der Waals surface area contributed by atoms with Gasteiger partial charge in [0.1, 0.15) is 0 Å². The summed E-state index contributed by atoms with van der Waals surface area (Å²) in [5.41, 5.74) is 0.506. The predicted octanol–water partition coefficient (Wildman–Crippen LogP) is 2.53. The molecule has 0 amide bonds. The van der Waals surface area contributed by atoms with Gasteiger partial charge in [0.05, 0.1) is 15.7 Å². The Bertz CT molecular complexity index is 458. The highest BCUT2D eigenvalue weighted by molar-refractivity contribution is 7.84. The fourth-order valence-corrected chi connectivity index (χ4v) is 1.83. The smallest absolute Gasteiger partial charge is 0.388 e. The third-order valence-electron chi connectivity index (χ3n) is 1.98. The lowest BCUT2D eigenvalue weighted by molar-refractivity contribution is -0.276. The molecule has 0 saturated carbocycles. The van der Waals surface area contributed by atoms with E-state index in [1.165, 1.54) is 12.3 Å². The number of pyridine rings is 1. The van der Waals surface area contributed by atoms with Crippen LogP contribution in [-0.4, -0.2) is 20.3 Å². The largest absolute Gasteiger partial charge is 0.574 e. The maximum Gasteiger partial charge on any atom is 0.574 e. The van der Waals surface area contributed by atoms with Crippen LogP contribution in [0.25, 0.3) is 0 Å². The molecular weight excluding hydrogens is 281 g/mol. The van der Waals surface area contributed by atoms with E-state index in [2.05, 4.69) is 14.4 Å². The van der Waals surface area contributed by atoms with Gasteiger partial charge in [-0.3, -0.25) is 0 Å². The number of alkyl halides is 3. The van der Waals surface area contributed by atoms with Crippen molar-refractivity contribution in [2.24, 2.45) is 0 Å². The molecule has 0 aliphatic heterocycles. The van der Waals surface area contributed by atoms with Crippen LogP contribution in [0.4, 0.5) is 13.2 Å². The number of hydrogen-bond acceptors (Lipinski definition) is 3. The van der Waals surface area contributed by atoms with Gasteiger partial charge in [0.15, 0.2) is 0 Å². The van der Waals surface area contributed by atoms with Gasteiger partial charge >= 0.3 is 6.36 Å². The average molecular weight is 296 g/mol. The number of hydrogen-bond donors (Lipinski definition) is 1. The first-order valence-corrected chi connectivity index (χ1v) is 6.59. The molecule has 108 valence electrons. The van der Waals surface area contributed by atoms with Crippen LogP contribution in [0.3, 0.4) is 0 Å². The molecule has 4 nitrogen and oxygen atoms in total. The van der Waals surface area contributed by atoms with Gasteiger partial charge in [-0.2, -0.15) is 0 Å². The van der Waals surface area contributed by atoms with Crippen molar-refractivity contribution < 1.29 is 22.1 Å². The van der Waals surface area contributed by atoms with E-state index in [0.717, 1.165) is 6.07 Å². The zero-order valence-corrected chi connectivity index (χ0v) is 11.6. The molecule has 0 bridgehead atoms. The molecule has 0 fully saturated rings. The monoisotopic (exact) mass is 296 g/mol. The van der Waals surface area contributed by atoms with Crippen LogP contribution in [0.5, 0.6) is 5.88 Å². The Hall–Kier alpha value is -1.15. The van der Waals surface area contributed by atoms with Gasteiger partial charge < -0.3 is 4.74 Å². The summed E-state index contributed by atoms with van der Waals surface area (Å²) < 4.78 is 53.8. The number of rotatable bonds is 4. The Morgan fingerprint density at radius 3 is 2.53 bits per heavy atom. The van der Waals surface area contributed by atoms with Crippen LogP contribution in [0.2, 0.25) is 0 Å². The zero-order chi connectivity index (χ0) is 14.7. The van der Waals surface area contributed by atoms with Gasteiger partial charge in [-0.05, 0) is 32.4 Å². The summed E-state index contributed by atoms with van der Waals surface area (Å²) in [6.07, 6.45) is -3.56. The molecular formula is C11H15F3N2O2S. The zero-order valence-electron chi connectivity index (χ0n) is 10.7. The third kappa shape index (κ3) is 6.02. The molecule has 0 saturated heterocycles. The molecule has 1 aromatic rings. The number of ether oxygens (including phenoxy) is 1. The standard InChI is InChI=1S/C11H15F3N2O2S/c1-10(2,3)19(17)16-7-8-4-5-15-9(6-8)18-11(12,13)14/h4-6,16H,7H2,1-3H3. The lowest BCUT2D eigenvalue weighted by Gasteiger charge is -2.18. The molecule has 8 heteroatoms. The molecule has 1 aromatic heterocycles. The van der Waals surface area contributed by atoms with Crippen molar-refractivity contribution in [3.8, 4) is 5.88 Å². The van der Waals surface area contributed by atoms with Crippen LogP contribution in [0.1, 0.15) is 26.3 Å². The molecule has 19 heavy (non-hydrogen) atoms. The normalized spacial score (nSPS) is 14.2. The highest BCUT2D eigenvalue weighted by Gasteiger charge is 2.31. The predicted molar refractivity (Wildman–Crippen MR) is 65.7 cm³/mol. The summed E-state index contributed by atoms with van der Waals surface area (Å²) in [5, 5.41) is 0. The van der Waals surface area contributed by atoms with Gasteiger partial charge in [0.25, 0.3) is 0 Å². The Kier molecular flexibility index (Phi) is 4.92. The van der Waals surface area contributed by atoms with E-state index in [4.69, 9.17) is 0 Å². The summed E-state index contributed by atoms with van der Waals surface area (Å²) in [6.45, 7) is 5.54. The first kappa shape index (κ1) is 15.9. The minimum Gasteiger partial charge on any atom is -0.388 e. The Morgan fingerprint density at radius 2 is 2.00 bits per heavy atom. The van der Waals surface area contributed by atoms with Gasteiger partial charge in [-0.25, -0.2) is 13.9 Å². The van der Waals surface area contributed by atoms with E-state index in [1.807, 2.05) is 0 Å². The highest BCUT2D eigenvalue weighted by atomic mass is 32.2. The lowest BCUT2D eigenvalue weighted by Crippen LogP contribution is -2.32. The van der Waals surface area contributed by atoms with E-state index < -0.39 is 28.0 Å². The molecule has 0 spiro atoms. The van der Waals surface area contributed by atoms with Crippen molar-refractivity contribution in [3.05, 3.63) is 23.9 Å². The Morgan fingerprint density at radius 1 is 1.37 bits per heavy atom. The average Bonchev–Trinajstić information content (AvgIpc) is 2.22. The molecule has 1 unspecified atom stereocenters. The van der Waals surface area contributed by atoms with Crippen molar-refractivity contribution in [2.75, 3.05) is 0 Å². The van der Waals surface area contributed by atoms with E-state index >= 15 is 0 Å². The van der Waals surface area contributed by atoms with Crippen molar-refractivity contribution in [3.63, 3.8) is 0 Å². The molecule has 1 atom stereocenters. The van der Waals surface area contributed by atoms with E-state index in [-0.39, 0.29) is 6.54 Å². The van der Waals surface area contributed by atoms with Crippen LogP contribution in [0, 0.1) is 0 Å². The van der Waals surface area contributed by atoms with Crippen molar-refractivity contribution in [1.29, 1.82) is 0 Å². The van der Waals surface area contributed by atoms with Crippen molar-refractivity contribution in [2.45, 2.75) is 38.4 Å². The number of aromatic nitrogens is 1. The molecule has 0 radical (unpaired) electrons. The molecule has 0 aliphatic carbocycles. The van der Waals surface area contributed by atoms with Gasteiger partial charge in [0, 0.05) is 18.8 Å². The second-order valence-electron chi connectivity index (χ2n) is 4.75. The molecule has 1 heterocycles. The number of nitrogens with zero attached hydrogens (tertiary/aromatic N) is 1. The van der Waals surface area contributed by atoms with E-state index in [9.17, 15) is 17.4 Å². The minimum absolute atomic E-state index is 0.167. The quantitative estimate of drug-likeness (QED) is 0.929. The number of nitrogens with one attached hydrogen (secondary N) is 1. The van der Waals surface area contributed by atoms with Gasteiger partial charge in [-0.1, -0.05) is 0 Å². The van der Waals surface area contributed by atoms with E-state index in [1.54, 1.807) is 20.8 Å². The summed E-state index contributed by atoms with van der Waals surface area (Å²) in [7, 11) is -1.30. The minimum atomic E-state index is -4.77. The summed E-state index contributed by atoms with van der Waals surface area (Å²) in [4.78, 5) is 3.45. The van der Waals surface area contributed by atoms with Crippen molar-refractivity contribution in [1.82, 2.24) is 9.71 Å². The first-order valence-electron chi connectivity index (χ1n) is 5.44. The second-order valence-corrected chi connectivity index (χ2v) is 6.80. The maximum atomic E-state index is 12.0. The highest BCUT2D eigenvalue weighted by Crippen LogP contribution is 2.21. The lowest BCUT2D eigenvalue weighted by atomic mass is 10.3. The number of halogens is 3. The Labute approximate surface area is 112 Å². The van der Waals surface area contributed by atoms with Crippen molar-refractivity contribution >= 4 is 11.0 Å². The topological polar surface area (TPSA) is 51.2 Å².